The number of hydrogen-bond donors (Lipinski definition) is 0. The van der Waals surface area contributed by atoms with Crippen LogP contribution >= 0.6 is 0 Å². The number of aromatic nitrogens is 1. The number of hydrogen-bond acceptors (Lipinski definition) is 2. The van der Waals surface area contributed by atoms with Crippen molar-refractivity contribution in [3.63, 3.8) is 0 Å². The Morgan fingerprint density at radius 2 is 0.865 bits per heavy atom. The highest BCUT2D eigenvalue weighted by molar-refractivity contribution is 6.16. The van der Waals surface area contributed by atoms with Gasteiger partial charge in [0.2, 0.25) is 0 Å². The van der Waals surface area contributed by atoms with E-state index in [0.717, 1.165) is 78.7 Å². The Balaban J connectivity index is 1.33. The van der Waals surface area contributed by atoms with E-state index in [1.54, 1.807) is 0 Å². The van der Waals surface area contributed by atoms with Crippen LogP contribution in [0.15, 0.2) is 188 Å². The minimum absolute atomic E-state index is 0.780. The summed E-state index contributed by atoms with van der Waals surface area (Å²) < 4.78 is 16.2. The summed E-state index contributed by atoms with van der Waals surface area (Å²) in [7, 11) is 0. The van der Waals surface area contributed by atoms with Gasteiger partial charge in [-0.1, -0.05) is 140 Å². The molecule has 3 heterocycles. The molecule has 0 aliphatic carbocycles. The molecule has 8 aromatic carbocycles. The summed E-state index contributed by atoms with van der Waals surface area (Å²) in [6, 6.07) is 66.9. The van der Waals surface area contributed by atoms with Crippen LogP contribution in [0.25, 0.3) is 49.7 Å². The molecule has 52 heavy (non-hydrogen) atoms. The van der Waals surface area contributed by atoms with E-state index in [1.165, 1.54) is 16.3 Å². The zero-order chi connectivity index (χ0) is 34.2. The minimum atomic E-state index is -0.780. The monoisotopic (exact) mass is 665 g/mol. The van der Waals surface area contributed by atoms with Crippen LogP contribution in [0.5, 0.6) is 23.0 Å². The maximum atomic E-state index is 6.97. The van der Waals surface area contributed by atoms with Crippen LogP contribution in [0.4, 0.5) is 0 Å². The lowest BCUT2D eigenvalue weighted by atomic mass is 9.59. The van der Waals surface area contributed by atoms with Crippen molar-refractivity contribution in [3.8, 4) is 50.9 Å². The number of rotatable bonds is 3. The summed E-state index contributed by atoms with van der Waals surface area (Å²) in [4.78, 5) is 0. The van der Waals surface area contributed by atoms with Crippen LogP contribution in [-0.2, 0) is 5.41 Å². The molecule has 0 saturated carbocycles. The van der Waals surface area contributed by atoms with Crippen LogP contribution in [0.2, 0.25) is 0 Å². The molecule has 2 aliphatic rings. The smallest absolute Gasteiger partial charge is 0.132 e. The zero-order valence-corrected chi connectivity index (χ0v) is 28.2. The lowest BCUT2D eigenvalue weighted by molar-refractivity contribution is 0.400. The Labute approximate surface area is 301 Å². The lowest BCUT2D eigenvalue weighted by Gasteiger charge is -2.46. The van der Waals surface area contributed by atoms with Crippen LogP contribution in [0.3, 0.4) is 0 Å². The third-order valence-electron chi connectivity index (χ3n) is 10.9. The number of benzene rings is 8. The lowest BCUT2D eigenvalue weighted by Crippen LogP contribution is -2.38. The number of fused-ring (bicyclic) bond motifs is 11. The first-order valence-electron chi connectivity index (χ1n) is 17.8. The van der Waals surface area contributed by atoms with Gasteiger partial charge >= 0.3 is 0 Å². The van der Waals surface area contributed by atoms with Gasteiger partial charge in [-0.2, -0.15) is 0 Å². The first kappa shape index (κ1) is 28.9. The van der Waals surface area contributed by atoms with Crippen molar-refractivity contribution < 1.29 is 9.47 Å². The minimum Gasteiger partial charge on any atom is -0.457 e. The molecule has 0 fully saturated rings. The van der Waals surface area contributed by atoms with Crippen molar-refractivity contribution >= 4 is 21.8 Å². The summed E-state index contributed by atoms with van der Waals surface area (Å²) in [6.07, 6.45) is 0. The van der Waals surface area contributed by atoms with Gasteiger partial charge in [0.05, 0.1) is 16.4 Å². The molecular weight excluding hydrogens is 635 g/mol. The van der Waals surface area contributed by atoms with E-state index in [0.29, 0.717) is 0 Å². The standard InChI is InChI=1S/C49H31NO2/c1-3-16-32(17-4-1)34-21-14-30-44-47(34)49(38-24-8-11-28-42(38)51-44)39-25-9-12-29-43(39)52-45-31-15-23-36(48(45)49)35-22-13-27-41-46(35)37-20-7-10-26-40(37)50(41)33-18-5-2-6-19-33/h1-31H. The van der Waals surface area contributed by atoms with E-state index in [4.69, 9.17) is 9.47 Å². The molecule has 11 rings (SSSR count). The third kappa shape index (κ3) is 3.91. The Bertz CT molecular complexity index is 2810. The second kappa shape index (κ2) is 11.1. The van der Waals surface area contributed by atoms with E-state index in [-0.39, 0.29) is 0 Å². The second-order valence-electron chi connectivity index (χ2n) is 13.6. The zero-order valence-electron chi connectivity index (χ0n) is 28.2. The van der Waals surface area contributed by atoms with E-state index in [1.807, 2.05) is 0 Å². The van der Waals surface area contributed by atoms with Gasteiger partial charge in [-0.25, -0.2) is 0 Å². The second-order valence-corrected chi connectivity index (χ2v) is 13.6. The highest BCUT2D eigenvalue weighted by atomic mass is 16.5. The normalized spacial score (nSPS) is 15.3. The first-order valence-corrected chi connectivity index (χ1v) is 17.8. The van der Waals surface area contributed by atoms with E-state index >= 15 is 0 Å². The fraction of sp³-hybridized carbons (Fsp3) is 0.0204. The van der Waals surface area contributed by atoms with Crippen LogP contribution in [-0.4, -0.2) is 4.57 Å². The number of ether oxygens (including phenoxy) is 2. The number of nitrogens with zero attached hydrogens (tertiary/aromatic N) is 1. The van der Waals surface area contributed by atoms with Crippen LogP contribution in [0, 0.1) is 0 Å². The third-order valence-corrected chi connectivity index (χ3v) is 10.9. The number of para-hydroxylation sites is 4. The molecule has 1 unspecified atom stereocenters. The molecule has 2 aliphatic heterocycles. The van der Waals surface area contributed by atoms with Gasteiger partial charge in [0.1, 0.15) is 23.0 Å². The van der Waals surface area contributed by atoms with Crippen molar-refractivity contribution in [2.24, 2.45) is 0 Å². The fourth-order valence-electron chi connectivity index (χ4n) is 8.96. The molecule has 3 heteroatoms. The Morgan fingerprint density at radius 1 is 0.365 bits per heavy atom. The summed E-state index contributed by atoms with van der Waals surface area (Å²) in [5.41, 5.74) is 11.6. The molecule has 1 atom stereocenters. The maximum absolute atomic E-state index is 6.97. The molecule has 0 saturated heterocycles. The topological polar surface area (TPSA) is 23.4 Å². The molecule has 1 spiro atoms. The predicted molar refractivity (Wildman–Crippen MR) is 210 cm³/mol. The summed E-state index contributed by atoms with van der Waals surface area (Å²) in [6.45, 7) is 0. The van der Waals surface area contributed by atoms with Gasteiger partial charge in [0.25, 0.3) is 0 Å². The Hall–Kier alpha value is -6.84. The van der Waals surface area contributed by atoms with E-state index < -0.39 is 5.41 Å². The average molecular weight is 666 g/mol. The van der Waals surface area contributed by atoms with Gasteiger partial charge in [-0.3, -0.25) is 0 Å². The average Bonchev–Trinajstić information content (AvgIpc) is 3.56. The van der Waals surface area contributed by atoms with Gasteiger partial charge in [0, 0.05) is 38.7 Å². The van der Waals surface area contributed by atoms with Crippen LogP contribution < -0.4 is 9.47 Å². The summed E-state index contributed by atoms with van der Waals surface area (Å²) in [5.74, 6) is 3.37. The molecule has 0 radical (unpaired) electrons. The Morgan fingerprint density at radius 3 is 1.58 bits per heavy atom. The highest BCUT2D eigenvalue weighted by Crippen LogP contribution is 2.65. The van der Waals surface area contributed by atoms with E-state index in [2.05, 4.69) is 193 Å². The maximum Gasteiger partial charge on any atom is 0.132 e. The Kier molecular flexibility index (Phi) is 6.17. The predicted octanol–water partition coefficient (Wildman–Crippen LogP) is 12.7. The first-order chi connectivity index (χ1) is 25.8. The van der Waals surface area contributed by atoms with Gasteiger partial charge < -0.3 is 14.0 Å². The molecular formula is C49H31NO2. The largest absolute Gasteiger partial charge is 0.457 e. The quantitative estimate of drug-likeness (QED) is 0.187. The molecule has 0 N–H and O–H groups in total. The van der Waals surface area contributed by atoms with E-state index in [9.17, 15) is 0 Å². The van der Waals surface area contributed by atoms with Gasteiger partial charge in [-0.15, -0.1) is 0 Å². The van der Waals surface area contributed by atoms with Crippen molar-refractivity contribution in [1.82, 2.24) is 4.57 Å². The molecule has 0 bridgehead atoms. The van der Waals surface area contributed by atoms with Crippen molar-refractivity contribution in [1.29, 1.82) is 0 Å². The molecule has 9 aromatic rings. The molecule has 1 aromatic heterocycles. The van der Waals surface area contributed by atoms with Crippen molar-refractivity contribution in [2.45, 2.75) is 5.41 Å². The molecule has 3 nitrogen and oxygen atoms in total. The summed E-state index contributed by atoms with van der Waals surface area (Å²) in [5, 5.41) is 2.42. The summed E-state index contributed by atoms with van der Waals surface area (Å²) >= 11 is 0. The van der Waals surface area contributed by atoms with Gasteiger partial charge in [0.15, 0.2) is 0 Å². The van der Waals surface area contributed by atoms with Crippen LogP contribution in [0.1, 0.15) is 22.3 Å². The highest BCUT2D eigenvalue weighted by Gasteiger charge is 2.53. The van der Waals surface area contributed by atoms with Crippen molar-refractivity contribution in [2.75, 3.05) is 0 Å². The van der Waals surface area contributed by atoms with Crippen molar-refractivity contribution in [3.05, 3.63) is 210 Å². The molecule has 244 valence electrons. The SMILES string of the molecule is c1ccc(-c2cccc3c2C2(c4ccccc4O3)c3ccccc3Oc3cccc(-c4cccc5c4c4ccccc4n5-c4ccccc4)c32)cc1. The van der Waals surface area contributed by atoms with Gasteiger partial charge in [-0.05, 0) is 70.8 Å². The molecule has 0 amide bonds. The fourth-order valence-corrected chi connectivity index (χ4v) is 8.96.